The molecule has 1 saturated carbocycles. The van der Waals surface area contributed by atoms with Gasteiger partial charge in [-0.2, -0.15) is 0 Å². The van der Waals surface area contributed by atoms with Gasteiger partial charge < -0.3 is 5.32 Å². The Labute approximate surface area is 96.9 Å². The molecule has 0 aromatic heterocycles. The van der Waals surface area contributed by atoms with Gasteiger partial charge in [-0.25, -0.2) is 0 Å². The molecule has 0 bridgehead atoms. The molecule has 2 aliphatic rings. The molecular formula is C12H21N3O. The third-order valence-corrected chi connectivity index (χ3v) is 3.75. The maximum atomic E-state index is 12.1. The van der Waals surface area contributed by atoms with E-state index >= 15 is 0 Å². The fourth-order valence-electron chi connectivity index (χ4n) is 3.23. The van der Waals surface area contributed by atoms with E-state index in [1.807, 2.05) is 6.92 Å². The predicted molar refractivity (Wildman–Crippen MR) is 64.2 cm³/mol. The largest absolute Gasteiger partial charge is 0.341 e. The number of nitrogens with zero attached hydrogens (tertiary/aromatic N) is 1. The van der Waals surface area contributed by atoms with Gasteiger partial charge in [-0.1, -0.05) is 20.8 Å². The van der Waals surface area contributed by atoms with Gasteiger partial charge in [0.05, 0.1) is 0 Å². The number of hydrogen-bond acceptors (Lipinski definition) is 2. The van der Waals surface area contributed by atoms with Crippen LogP contribution in [-0.2, 0) is 4.79 Å². The number of rotatable bonds is 1. The molecule has 1 saturated heterocycles. The standard InChI is InChI=1S/C12H21N3O/c1-5-13-10-14-9(16)12(15-10)7-11(3,4)6-8(12)2/h8H,5-7H2,1-4H3,(H2,13,14,15,16). The summed E-state index contributed by atoms with van der Waals surface area (Å²) in [5.74, 6) is 1.10. The van der Waals surface area contributed by atoms with Crippen LogP contribution in [0.15, 0.2) is 4.99 Å². The Morgan fingerprint density at radius 3 is 2.69 bits per heavy atom. The molecule has 1 heterocycles. The number of carbonyl (C=O) groups is 1. The molecule has 2 atom stereocenters. The van der Waals surface area contributed by atoms with Crippen molar-refractivity contribution in [1.29, 1.82) is 0 Å². The van der Waals surface area contributed by atoms with E-state index in [0.29, 0.717) is 18.4 Å². The Morgan fingerprint density at radius 1 is 1.50 bits per heavy atom. The molecule has 1 aliphatic heterocycles. The first kappa shape index (κ1) is 11.4. The van der Waals surface area contributed by atoms with E-state index in [1.54, 1.807) is 0 Å². The summed E-state index contributed by atoms with van der Waals surface area (Å²) < 4.78 is 0. The Kier molecular flexibility index (Phi) is 2.48. The van der Waals surface area contributed by atoms with Crippen LogP contribution in [-0.4, -0.2) is 24.0 Å². The molecule has 2 rings (SSSR count). The molecule has 0 aromatic carbocycles. The van der Waals surface area contributed by atoms with Gasteiger partial charge in [-0.05, 0) is 31.1 Å². The molecule has 0 aromatic rings. The van der Waals surface area contributed by atoms with Crippen LogP contribution in [0, 0.1) is 11.3 Å². The third kappa shape index (κ3) is 1.60. The normalized spacial score (nSPS) is 39.1. The Bertz CT molecular complexity index is 348. The topological polar surface area (TPSA) is 53.5 Å². The summed E-state index contributed by atoms with van der Waals surface area (Å²) in [6, 6.07) is 0. The van der Waals surface area contributed by atoms with Crippen LogP contribution in [0.3, 0.4) is 0 Å². The first-order valence-corrected chi connectivity index (χ1v) is 6.04. The van der Waals surface area contributed by atoms with Crippen LogP contribution in [0.1, 0.15) is 40.5 Å². The van der Waals surface area contributed by atoms with Crippen molar-refractivity contribution in [3.8, 4) is 0 Å². The zero-order chi connectivity index (χ0) is 12.0. The third-order valence-electron chi connectivity index (χ3n) is 3.75. The number of carbonyl (C=O) groups excluding carboxylic acids is 1. The highest BCUT2D eigenvalue weighted by Crippen LogP contribution is 2.48. The quantitative estimate of drug-likeness (QED) is 0.703. The van der Waals surface area contributed by atoms with Crippen molar-refractivity contribution in [2.75, 3.05) is 6.54 Å². The van der Waals surface area contributed by atoms with E-state index in [9.17, 15) is 4.79 Å². The van der Waals surface area contributed by atoms with Gasteiger partial charge >= 0.3 is 0 Å². The van der Waals surface area contributed by atoms with E-state index in [1.165, 1.54) is 0 Å². The van der Waals surface area contributed by atoms with Crippen molar-refractivity contribution < 1.29 is 4.79 Å². The summed E-state index contributed by atoms with van der Waals surface area (Å²) in [6.45, 7) is 9.25. The van der Waals surface area contributed by atoms with Crippen molar-refractivity contribution in [3.63, 3.8) is 0 Å². The molecular weight excluding hydrogens is 202 g/mol. The Balaban J connectivity index is 2.27. The van der Waals surface area contributed by atoms with Crippen LogP contribution in [0.5, 0.6) is 0 Å². The molecule has 16 heavy (non-hydrogen) atoms. The summed E-state index contributed by atoms with van der Waals surface area (Å²) in [5.41, 5.74) is -0.192. The van der Waals surface area contributed by atoms with Crippen LogP contribution >= 0.6 is 0 Å². The second kappa shape index (κ2) is 3.47. The SMILES string of the molecule is CCN=C1NC(=O)C2(CC(C)(C)CC2C)N1. The molecule has 2 unspecified atom stereocenters. The minimum atomic E-state index is -0.419. The molecule has 4 nitrogen and oxygen atoms in total. The molecule has 90 valence electrons. The van der Waals surface area contributed by atoms with Gasteiger partial charge in [0.2, 0.25) is 0 Å². The van der Waals surface area contributed by atoms with Gasteiger partial charge in [0.25, 0.3) is 5.91 Å². The molecule has 2 N–H and O–H groups in total. The zero-order valence-corrected chi connectivity index (χ0v) is 10.6. The summed E-state index contributed by atoms with van der Waals surface area (Å²) in [6.07, 6.45) is 1.96. The van der Waals surface area contributed by atoms with Crippen molar-refractivity contribution in [2.45, 2.75) is 46.1 Å². The second-order valence-corrected chi connectivity index (χ2v) is 5.82. The number of amides is 1. The second-order valence-electron chi connectivity index (χ2n) is 5.82. The predicted octanol–water partition coefficient (Wildman–Crippen LogP) is 1.28. The lowest BCUT2D eigenvalue weighted by atomic mass is 9.86. The van der Waals surface area contributed by atoms with Crippen LogP contribution in [0.25, 0.3) is 0 Å². The van der Waals surface area contributed by atoms with E-state index in [0.717, 1.165) is 12.8 Å². The summed E-state index contributed by atoms with van der Waals surface area (Å²) in [7, 11) is 0. The smallest absolute Gasteiger partial charge is 0.252 e. The summed E-state index contributed by atoms with van der Waals surface area (Å²) in [5, 5.41) is 6.17. The van der Waals surface area contributed by atoms with Crippen LogP contribution < -0.4 is 10.6 Å². The van der Waals surface area contributed by atoms with Crippen molar-refractivity contribution in [2.24, 2.45) is 16.3 Å². The van der Waals surface area contributed by atoms with Gasteiger partial charge in [-0.15, -0.1) is 0 Å². The van der Waals surface area contributed by atoms with Gasteiger partial charge in [0.1, 0.15) is 5.54 Å². The number of aliphatic imine (C=N–C) groups is 1. The molecule has 1 spiro atoms. The Morgan fingerprint density at radius 2 is 2.19 bits per heavy atom. The molecule has 4 heteroatoms. The van der Waals surface area contributed by atoms with E-state index < -0.39 is 5.54 Å². The fourth-order valence-corrected chi connectivity index (χ4v) is 3.23. The van der Waals surface area contributed by atoms with Crippen molar-refractivity contribution in [1.82, 2.24) is 10.6 Å². The van der Waals surface area contributed by atoms with Gasteiger partial charge in [-0.3, -0.25) is 15.1 Å². The molecule has 2 fully saturated rings. The lowest BCUT2D eigenvalue weighted by Crippen LogP contribution is -2.49. The lowest BCUT2D eigenvalue weighted by Gasteiger charge is -2.26. The van der Waals surface area contributed by atoms with Crippen LogP contribution in [0.4, 0.5) is 0 Å². The highest BCUT2D eigenvalue weighted by Gasteiger charge is 2.57. The minimum absolute atomic E-state index is 0.0952. The van der Waals surface area contributed by atoms with Crippen molar-refractivity contribution >= 4 is 11.9 Å². The van der Waals surface area contributed by atoms with E-state index in [4.69, 9.17) is 0 Å². The first-order valence-electron chi connectivity index (χ1n) is 6.04. The lowest BCUT2D eigenvalue weighted by molar-refractivity contribution is -0.125. The number of hydrogen-bond donors (Lipinski definition) is 2. The highest BCUT2D eigenvalue weighted by atomic mass is 16.2. The first-order chi connectivity index (χ1) is 7.39. The fraction of sp³-hybridized carbons (Fsp3) is 0.833. The van der Waals surface area contributed by atoms with Gasteiger partial charge in [0.15, 0.2) is 5.96 Å². The van der Waals surface area contributed by atoms with Crippen molar-refractivity contribution in [3.05, 3.63) is 0 Å². The monoisotopic (exact) mass is 223 g/mol. The van der Waals surface area contributed by atoms with Crippen LogP contribution in [0.2, 0.25) is 0 Å². The minimum Gasteiger partial charge on any atom is -0.341 e. The number of guanidine groups is 1. The summed E-state index contributed by atoms with van der Waals surface area (Å²) in [4.78, 5) is 16.4. The van der Waals surface area contributed by atoms with E-state index in [2.05, 4.69) is 36.4 Å². The average molecular weight is 223 g/mol. The number of nitrogens with one attached hydrogen (secondary N) is 2. The molecule has 1 aliphatic carbocycles. The Hall–Kier alpha value is -1.06. The van der Waals surface area contributed by atoms with E-state index in [-0.39, 0.29) is 11.3 Å². The maximum Gasteiger partial charge on any atom is 0.252 e. The molecule has 1 amide bonds. The summed E-state index contributed by atoms with van der Waals surface area (Å²) >= 11 is 0. The highest BCUT2D eigenvalue weighted by molar-refractivity contribution is 6.09. The molecule has 0 radical (unpaired) electrons. The maximum absolute atomic E-state index is 12.1. The zero-order valence-electron chi connectivity index (χ0n) is 10.6. The van der Waals surface area contributed by atoms with Gasteiger partial charge in [0, 0.05) is 6.54 Å². The average Bonchev–Trinajstić information content (AvgIpc) is 2.53.